The van der Waals surface area contributed by atoms with E-state index in [1.165, 1.54) is 25.1 Å². The van der Waals surface area contributed by atoms with Gasteiger partial charge in [-0.1, -0.05) is 6.08 Å². The van der Waals surface area contributed by atoms with Crippen LogP contribution in [0, 0.1) is 0 Å². The summed E-state index contributed by atoms with van der Waals surface area (Å²) < 4.78 is 28.8. The molecule has 1 aromatic rings. The number of phenols is 1. The molecule has 0 aliphatic carbocycles. The second-order valence-electron chi connectivity index (χ2n) is 4.12. The molecule has 0 fully saturated rings. The molecule has 1 aromatic carbocycles. The average molecular weight is 375 g/mol. The van der Waals surface area contributed by atoms with E-state index in [4.69, 9.17) is 13.3 Å². The molecule has 0 atom stereocenters. The second-order valence-corrected chi connectivity index (χ2v) is 7.41. The van der Waals surface area contributed by atoms with E-state index in [-0.39, 0.29) is 22.2 Å². The fourth-order valence-electron chi connectivity index (χ4n) is 1.30. The molecule has 0 bridgehead atoms. The number of carbonyl (C=O) groups excluding carboxylic acids is 1. The van der Waals surface area contributed by atoms with Crippen LogP contribution in [0.2, 0.25) is 0 Å². The van der Waals surface area contributed by atoms with Crippen LogP contribution in [-0.4, -0.2) is 44.5 Å². The predicted octanol–water partition coefficient (Wildman–Crippen LogP) is -0.0512. The van der Waals surface area contributed by atoms with Crippen LogP contribution < -0.4 is 9.67 Å². The van der Waals surface area contributed by atoms with Gasteiger partial charge in [-0.05, 0) is 6.42 Å². The van der Waals surface area contributed by atoms with Crippen molar-refractivity contribution < 1.29 is 31.7 Å². The number of aliphatic carboxylic acids is 1. The van der Waals surface area contributed by atoms with Crippen molar-refractivity contribution >= 4 is 36.1 Å². The molecule has 0 aliphatic rings. The first kappa shape index (κ1) is 20.0. The number of rotatable bonds is 5. The number of nitrogens with one attached hydrogen (secondary N) is 1. The molecule has 0 spiro atoms. The number of aromatic hydroxyl groups is 1. The number of carboxylic acid groups (broad SMARTS) is 1. The van der Waals surface area contributed by atoms with Crippen molar-refractivity contribution in [3.8, 4) is 5.75 Å². The Kier molecular flexibility index (Phi) is 8.25. The van der Waals surface area contributed by atoms with Gasteiger partial charge >= 0.3 is 94.1 Å². The van der Waals surface area contributed by atoms with Crippen LogP contribution in [0.5, 0.6) is 5.75 Å². The fraction of sp³-hybridized carbons (Fsp3) is 0.231. The Morgan fingerprint density at radius 2 is 1.95 bits per heavy atom. The predicted molar refractivity (Wildman–Crippen MR) is 80.0 cm³/mol. The molecule has 1 amide bonds. The van der Waals surface area contributed by atoms with Gasteiger partial charge < -0.3 is 5.11 Å². The molecule has 5 N–H and O–H groups in total. The standard InChI is InChI=1S/C8H10AsNO5.C5H8O2/c1-5(11)10-8-6(9(13,14)15)3-2-4-7(8)12;1-2-3-4-5(6)7/h2-4,12H,1H3,(H,10,11)(H2,13,14,15);2H,1,3-4H2,(H,6,7). The molecule has 0 aliphatic heterocycles. The van der Waals surface area contributed by atoms with E-state index in [0.29, 0.717) is 6.42 Å². The molecule has 22 heavy (non-hydrogen) atoms. The zero-order valence-electron chi connectivity index (χ0n) is 11.9. The van der Waals surface area contributed by atoms with Crippen molar-refractivity contribution in [2.24, 2.45) is 0 Å². The van der Waals surface area contributed by atoms with Crippen LogP contribution in [0.25, 0.3) is 0 Å². The topological polar surface area (TPSA) is 144 Å². The Morgan fingerprint density at radius 1 is 1.36 bits per heavy atom. The van der Waals surface area contributed by atoms with Gasteiger partial charge in [-0.15, -0.1) is 6.58 Å². The number of hydrogen-bond donors (Lipinski definition) is 5. The van der Waals surface area contributed by atoms with Gasteiger partial charge in [-0.2, -0.15) is 0 Å². The zero-order valence-corrected chi connectivity index (χ0v) is 13.8. The van der Waals surface area contributed by atoms with Gasteiger partial charge in [0, 0.05) is 6.42 Å². The van der Waals surface area contributed by atoms with Gasteiger partial charge in [0.25, 0.3) is 0 Å². The quantitative estimate of drug-likeness (QED) is 0.276. The maximum atomic E-state index is 11.1. The van der Waals surface area contributed by atoms with Crippen LogP contribution >= 0.6 is 0 Å². The number of anilines is 1. The van der Waals surface area contributed by atoms with E-state index in [2.05, 4.69) is 11.9 Å². The minimum atomic E-state index is -5.14. The maximum absolute atomic E-state index is 11.1. The summed E-state index contributed by atoms with van der Waals surface area (Å²) in [6.07, 6.45) is 2.35. The van der Waals surface area contributed by atoms with Gasteiger partial charge in [-0.3, -0.25) is 4.79 Å². The van der Waals surface area contributed by atoms with E-state index in [1.807, 2.05) is 0 Å². The van der Waals surface area contributed by atoms with Gasteiger partial charge in [-0.25, -0.2) is 0 Å². The van der Waals surface area contributed by atoms with Crippen molar-refractivity contribution in [2.75, 3.05) is 5.32 Å². The Labute approximate surface area is 130 Å². The molecule has 0 heterocycles. The number of hydrogen-bond acceptors (Lipinski definition) is 4. The van der Waals surface area contributed by atoms with Crippen molar-refractivity contribution in [1.29, 1.82) is 0 Å². The molecule has 1 rings (SSSR count). The number of amides is 1. The number of para-hydroxylation sites is 1. The van der Waals surface area contributed by atoms with Crippen LogP contribution in [0.3, 0.4) is 0 Å². The summed E-state index contributed by atoms with van der Waals surface area (Å²) in [6.45, 7) is 4.55. The molecular formula is C13H18AsNO7. The van der Waals surface area contributed by atoms with Gasteiger partial charge in [0.05, 0.1) is 0 Å². The summed E-state index contributed by atoms with van der Waals surface area (Å²) in [6, 6.07) is 3.71. The van der Waals surface area contributed by atoms with E-state index in [0.717, 1.165) is 0 Å². The molecule has 0 saturated heterocycles. The minimum absolute atomic E-state index is 0.198. The number of carbonyl (C=O) groups is 2. The normalized spacial score (nSPS) is 10.1. The van der Waals surface area contributed by atoms with Crippen LogP contribution in [0.15, 0.2) is 30.9 Å². The molecule has 0 aromatic heterocycles. The summed E-state index contributed by atoms with van der Waals surface area (Å²) in [5.41, 5.74) is -0.225. The summed E-state index contributed by atoms with van der Waals surface area (Å²) in [5, 5.41) is 19.5. The Bertz CT molecular complexity index is 594. The second kappa shape index (κ2) is 9.09. The van der Waals surface area contributed by atoms with Gasteiger partial charge in [0.1, 0.15) is 0 Å². The molecule has 0 radical (unpaired) electrons. The van der Waals surface area contributed by atoms with Gasteiger partial charge in [0.15, 0.2) is 0 Å². The third-order valence-electron chi connectivity index (χ3n) is 2.20. The molecule has 9 heteroatoms. The van der Waals surface area contributed by atoms with E-state index >= 15 is 0 Å². The van der Waals surface area contributed by atoms with Crippen molar-refractivity contribution in [3.63, 3.8) is 0 Å². The van der Waals surface area contributed by atoms with E-state index < -0.39 is 26.0 Å². The summed E-state index contributed by atoms with van der Waals surface area (Å²) in [7, 11) is 0. The van der Waals surface area contributed by atoms with E-state index in [1.54, 1.807) is 6.08 Å². The third kappa shape index (κ3) is 7.68. The molecular weight excluding hydrogens is 357 g/mol. The van der Waals surface area contributed by atoms with Crippen molar-refractivity contribution in [2.45, 2.75) is 19.8 Å². The number of allylic oxidation sites excluding steroid dienone is 1. The zero-order chi connectivity index (χ0) is 17.3. The van der Waals surface area contributed by atoms with Crippen LogP contribution in [0.1, 0.15) is 19.8 Å². The molecule has 0 unspecified atom stereocenters. The SMILES string of the molecule is C=CCCC(=O)O.CC(=O)Nc1c(O)cccc1[As](=O)(O)O. The fourth-order valence-corrected chi connectivity index (χ4v) is 2.86. The first-order valence-electron chi connectivity index (χ1n) is 6.08. The number of carboxylic acids is 1. The Balaban J connectivity index is 0.000000534. The van der Waals surface area contributed by atoms with Crippen LogP contribution in [-0.2, 0) is 13.3 Å². The summed E-state index contributed by atoms with van der Waals surface area (Å²) in [5.74, 6) is -1.64. The third-order valence-corrected chi connectivity index (χ3v) is 4.30. The average Bonchev–Trinajstić information content (AvgIpc) is 2.37. The molecule has 0 saturated carbocycles. The summed E-state index contributed by atoms with van der Waals surface area (Å²) >= 11 is -5.14. The summed E-state index contributed by atoms with van der Waals surface area (Å²) in [4.78, 5) is 20.5. The Hall–Kier alpha value is -2.02. The first-order valence-corrected chi connectivity index (χ1v) is 9.46. The number of benzene rings is 1. The van der Waals surface area contributed by atoms with Crippen molar-refractivity contribution in [1.82, 2.24) is 0 Å². The van der Waals surface area contributed by atoms with E-state index in [9.17, 15) is 18.4 Å². The van der Waals surface area contributed by atoms with Crippen molar-refractivity contribution in [3.05, 3.63) is 30.9 Å². The molecule has 8 nitrogen and oxygen atoms in total. The molecule has 122 valence electrons. The Morgan fingerprint density at radius 3 is 2.32 bits per heavy atom. The van der Waals surface area contributed by atoms with Crippen LogP contribution in [0.4, 0.5) is 5.69 Å². The monoisotopic (exact) mass is 375 g/mol. The first-order chi connectivity index (χ1) is 10.1. The van der Waals surface area contributed by atoms with Gasteiger partial charge in [0.2, 0.25) is 0 Å². The number of phenolic OH excluding ortho intramolecular Hbond substituents is 1.